The number of amides is 1. The average molecular weight is 302 g/mol. The highest BCUT2D eigenvalue weighted by Crippen LogP contribution is 2.19. The normalized spacial score (nSPS) is 9.86. The Morgan fingerprint density at radius 2 is 2.14 bits per heavy atom. The molecule has 0 saturated carbocycles. The smallest absolute Gasteiger partial charge is 0.265 e. The molecule has 0 radical (unpaired) electrons. The molecule has 0 aliphatic rings. The Balaban J connectivity index is 2.17. The van der Waals surface area contributed by atoms with Crippen LogP contribution in [0.25, 0.3) is 0 Å². The van der Waals surface area contributed by atoms with Gasteiger partial charge < -0.3 is 10.6 Å². The molecular formula is C16H15FN2OS. The predicted molar refractivity (Wildman–Crippen MR) is 82.4 cm³/mol. The average Bonchev–Trinajstić information content (AvgIpc) is 2.95. The molecule has 21 heavy (non-hydrogen) atoms. The Labute approximate surface area is 127 Å². The third kappa shape index (κ3) is 3.69. The second-order valence-electron chi connectivity index (χ2n) is 4.42. The summed E-state index contributed by atoms with van der Waals surface area (Å²) >= 11 is 1.32. The fraction of sp³-hybridized carbons (Fsp3) is 0.188. The van der Waals surface area contributed by atoms with Crippen molar-refractivity contribution in [3.05, 3.63) is 57.5 Å². The van der Waals surface area contributed by atoms with E-state index in [4.69, 9.17) is 5.73 Å². The quantitative estimate of drug-likeness (QED) is 0.885. The monoisotopic (exact) mass is 302 g/mol. The Bertz CT molecular complexity index is 700. The second kappa shape index (κ2) is 7.02. The van der Waals surface area contributed by atoms with Crippen molar-refractivity contribution in [2.24, 2.45) is 5.73 Å². The summed E-state index contributed by atoms with van der Waals surface area (Å²) in [5, 5.41) is 1.81. The Kier molecular flexibility index (Phi) is 5.09. The lowest BCUT2D eigenvalue weighted by Crippen LogP contribution is -2.26. The highest BCUT2D eigenvalue weighted by molar-refractivity contribution is 7.12. The van der Waals surface area contributed by atoms with Gasteiger partial charge in [0.2, 0.25) is 0 Å². The maximum atomic E-state index is 13.6. The molecule has 0 aliphatic heterocycles. The molecule has 0 unspecified atom stereocenters. The van der Waals surface area contributed by atoms with E-state index >= 15 is 0 Å². The van der Waals surface area contributed by atoms with Gasteiger partial charge in [0.25, 0.3) is 5.91 Å². The standard InChI is InChI=1S/C16H15FN2OS/c1-19(11-13-5-2-3-7-14(13)17)16(20)15-12(6-4-9-18)8-10-21-15/h2-3,5,7-8,10H,9,11,18H2,1H3. The molecule has 5 heteroatoms. The van der Waals surface area contributed by atoms with Gasteiger partial charge in [-0.25, -0.2) is 4.39 Å². The van der Waals surface area contributed by atoms with Crippen molar-refractivity contribution in [3.8, 4) is 11.8 Å². The van der Waals surface area contributed by atoms with E-state index in [1.807, 2.05) is 5.38 Å². The Morgan fingerprint density at radius 1 is 1.38 bits per heavy atom. The number of nitrogens with zero attached hydrogens (tertiary/aromatic N) is 1. The summed E-state index contributed by atoms with van der Waals surface area (Å²) in [5.74, 6) is 5.13. The van der Waals surface area contributed by atoms with Gasteiger partial charge in [-0.1, -0.05) is 30.0 Å². The number of thiophene rings is 1. The van der Waals surface area contributed by atoms with Gasteiger partial charge in [-0.2, -0.15) is 0 Å². The fourth-order valence-electron chi connectivity index (χ4n) is 1.85. The summed E-state index contributed by atoms with van der Waals surface area (Å²) in [7, 11) is 1.65. The van der Waals surface area contributed by atoms with Crippen LogP contribution < -0.4 is 5.73 Å². The van der Waals surface area contributed by atoms with Gasteiger partial charge in [-0.3, -0.25) is 4.79 Å². The molecule has 1 amide bonds. The SMILES string of the molecule is CN(Cc1ccccc1F)C(=O)c1sccc1C#CCN. The number of hydrogen-bond acceptors (Lipinski definition) is 3. The van der Waals surface area contributed by atoms with Crippen molar-refractivity contribution in [1.82, 2.24) is 4.90 Å². The molecule has 0 fully saturated rings. The summed E-state index contributed by atoms with van der Waals surface area (Å²) in [6.07, 6.45) is 0. The topological polar surface area (TPSA) is 46.3 Å². The zero-order valence-electron chi connectivity index (χ0n) is 11.6. The summed E-state index contributed by atoms with van der Waals surface area (Å²) in [5.41, 5.74) is 6.49. The molecule has 0 bridgehead atoms. The third-order valence-electron chi connectivity index (χ3n) is 2.90. The van der Waals surface area contributed by atoms with Crippen LogP contribution in [-0.2, 0) is 6.54 Å². The lowest BCUT2D eigenvalue weighted by Gasteiger charge is -2.17. The van der Waals surface area contributed by atoms with Crippen molar-refractivity contribution < 1.29 is 9.18 Å². The first kappa shape index (κ1) is 15.2. The zero-order chi connectivity index (χ0) is 15.2. The molecule has 0 aliphatic carbocycles. The van der Waals surface area contributed by atoms with E-state index in [2.05, 4.69) is 11.8 Å². The summed E-state index contributed by atoms with van der Waals surface area (Å²) in [6.45, 7) is 0.460. The van der Waals surface area contributed by atoms with Crippen molar-refractivity contribution in [1.29, 1.82) is 0 Å². The molecule has 0 atom stereocenters. The predicted octanol–water partition coefficient (Wildman–Crippen LogP) is 2.47. The van der Waals surface area contributed by atoms with Crippen molar-refractivity contribution in [2.45, 2.75) is 6.54 Å². The minimum atomic E-state index is -0.313. The summed E-state index contributed by atoms with van der Waals surface area (Å²) in [4.78, 5) is 14.5. The lowest BCUT2D eigenvalue weighted by atomic mass is 10.2. The molecule has 3 nitrogen and oxygen atoms in total. The van der Waals surface area contributed by atoms with E-state index in [0.717, 1.165) is 0 Å². The van der Waals surface area contributed by atoms with Crippen LogP contribution in [0.4, 0.5) is 4.39 Å². The number of nitrogens with two attached hydrogens (primary N) is 1. The molecule has 2 aromatic rings. The van der Waals surface area contributed by atoms with Crippen molar-refractivity contribution in [2.75, 3.05) is 13.6 Å². The molecule has 0 spiro atoms. The molecule has 2 N–H and O–H groups in total. The van der Waals surface area contributed by atoms with Crippen LogP contribution >= 0.6 is 11.3 Å². The Morgan fingerprint density at radius 3 is 2.86 bits per heavy atom. The fourth-order valence-corrected chi connectivity index (χ4v) is 2.69. The molecule has 108 valence electrons. The van der Waals surface area contributed by atoms with Crippen molar-refractivity contribution in [3.63, 3.8) is 0 Å². The van der Waals surface area contributed by atoms with Crippen molar-refractivity contribution >= 4 is 17.2 Å². The second-order valence-corrected chi connectivity index (χ2v) is 5.34. The molecular weight excluding hydrogens is 287 g/mol. The van der Waals surface area contributed by atoms with E-state index in [1.54, 1.807) is 31.3 Å². The van der Waals surface area contributed by atoms with Crippen LogP contribution in [0.5, 0.6) is 0 Å². The van der Waals surface area contributed by atoms with E-state index in [0.29, 0.717) is 16.0 Å². The first-order chi connectivity index (χ1) is 10.1. The highest BCUT2D eigenvalue weighted by Gasteiger charge is 2.17. The number of benzene rings is 1. The Hall–Kier alpha value is -2.16. The maximum absolute atomic E-state index is 13.6. The van der Waals surface area contributed by atoms with Crippen LogP contribution in [0.15, 0.2) is 35.7 Å². The van der Waals surface area contributed by atoms with Gasteiger partial charge >= 0.3 is 0 Å². The van der Waals surface area contributed by atoms with Crippen LogP contribution in [0.3, 0.4) is 0 Å². The summed E-state index contributed by atoms with van der Waals surface area (Å²) < 4.78 is 13.6. The van der Waals surface area contributed by atoms with Gasteiger partial charge in [-0.15, -0.1) is 11.3 Å². The number of halogens is 1. The molecule has 1 aromatic carbocycles. The van der Waals surface area contributed by atoms with Crippen LogP contribution in [-0.4, -0.2) is 24.4 Å². The number of hydrogen-bond donors (Lipinski definition) is 1. The van der Waals surface area contributed by atoms with Crippen LogP contribution in [0.1, 0.15) is 20.8 Å². The maximum Gasteiger partial charge on any atom is 0.265 e. The molecule has 1 heterocycles. The van der Waals surface area contributed by atoms with Gasteiger partial charge in [0.1, 0.15) is 10.7 Å². The molecule has 0 saturated heterocycles. The van der Waals surface area contributed by atoms with Gasteiger partial charge in [-0.05, 0) is 17.5 Å². The minimum Gasteiger partial charge on any atom is -0.337 e. The molecule has 2 rings (SSSR count). The first-order valence-corrected chi connectivity index (χ1v) is 7.26. The van der Waals surface area contributed by atoms with E-state index in [-0.39, 0.29) is 24.8 Å². The molecule has 1 aromatic heterocycles. The first-order valence-electron chi connectivity index (χ1n) is 6.38. The van der Waals surface area contributed by atoms with Gasteiger partial charge in [0.05, 0.1) is 6.54 Å². The van der Waals surface area contributed by atoms with E-state index in [9.17, 15) is 9.18 Å². The van der Waals surface area contributed by atoms with Crippen LogP contribution in [0.2, 0.25) is 0 Å². The third-order valence-corrected chi connectivity index (χ3v) is 3.80. The number of carbonyl (C=O) groups is 1. The van der Waals surface area contributed by atoms with Gasteiger partial charge in [0.15, 0.2) is 0 Å². The van der Waals surface area contributed by atoms with Gasteiger partial charge in [0, 0.05) is 24.7 Å². The zero-order valence-corrected chi connectivity index (χ0v) is 12.4. The largest absolute Gasteiger partial charge is 0.337 e. The number of carbonyl (C=O) groups excluding carboxylic acids is 1. The minimum absolute atomic E-state index is 0.172. The van der Waals surface area contributed by atoms with Crippen LogP contribution in [0, 0.1) is 17.7 Å². The van der Waals surface area contributed by atoms with E-state index in [1.165, 1.54) is 22.3 Å². The van der Waals surface area contributed by atoms with E-state index < -0.39 is 0 Å². The highest BCUT2D eigenvalue weighted by atomic mass is 32.1. The summed E-state index contributed by atoms with van der Waals surface area (Å²) in [6, 6.07) is 8.22. The lowest BCUT2D eigenvalue weighted by molar-refractivity contribution is 0.0788. The number of rotatable bonds is 3.